The highest BCUT2D eigenvalue weighted by atomic mass is 32.1. The van der Waals surface area contributed by atoms with Crippen molar-refractivity contribution in [3.8, 4) is 16.8 Å². The van der Waals surface area contributed by atoms with E-state index in [4.69, 9.17) is 0 Å². The van der Waals surface area contributed by atoms with Crippen LogP contribution in [-0.4, -0.2) is 11.3 Å². The molecule has 0 N–H and O–H groups in total. The number of anilines is 3. The summed E-state index contributed by atoms with van der Waals surface area (Å²) in [6.45, 7) is 0.135. The van der Waals surface area contributed by atoms with Crippen LogP contribution in [0.1, 0.15) is 0 Å². The summed E-state index contributed by atoms with van der Waals surface area (Å²) < 4.78 is 7.78. The minimum Gasteiger partial charge on any atom is -0.310 e. The topological polar surface area (TPSA) is 8.17 Å². The summed E-state index contributed by atoms with van der Waals surface area (Å²) in [5, 5.41) is 7.86. The van der Waals surface area contributed by atoms with Crippen LogP contribution < -0.4 is 21.3 Å². The Morgan fingerprint density at radius 2 is 1.02 bits per heavy atom. The summed E-state index contributed by atoms with van der Waals surface area (Å²) in [7, 11) is 0. The fourth-order valence-corrected chi connectivity index (χ4v) is 12.0. The smallest absolute Gasteiger partial charge is 0.248 e. The van der Waals surface area contributed by atoms with Gasteiger partial charge in [-0.1, -0.05) is 115 Å². The lowest BCUT2D eigenvalue weighted by atomic mass is 9.37. The monoisotopic (exact) mass is 706 g/mol. The zero-order valence-electron chi connectivity index (χ0n) is 28.4. The highest BCUT2D eigenvalue weighted by Crippen LogP contribution is 2.51. The molecule has 13 rings (SSSR count). The Balaban J connectivity index is 1.24. The number of hydrogen-bond donors (Lipinski definition) is 0. The number of nitrogens with zero attached hydrogens (tertiary/aromatic N) is 2. The molecule has 244 valence electrons. The number of thiophene rings is 2. The van der Waals surface area contributed by atoms with Crippen molar-refractivity contribution in [3.63, 3.8) is 0 Å². The fraction of sp³-hybridized carbons (Fsp3) is 0. The van der Waals surface area contributed by atoms with Crippen LogP contribution in [0.2, 0.25) is 0 Å². The van der Waals surface area contributed by atoms with E-state index < -0.39 is 0 Å². The summed E-state index contributed by atoms with van der Waals surface area (Å²) in [4.78, 5) is 2.66. The van der Waals surface area contributed by atoms with Gasteiger partial charge in [-0.25, -0.2) is 0 Å². The van der Waals surface area contributed by atoms with Gasteiger partial charge in [-0.3, -0.25) is 0 Å². The minimum absolute atomic E-state index is 0.135. The first kappa shape index (κ1) is 28.5. The highest BCUT2D eigenvalue weighted by molar-refractivity contribution is 7.26. The van der Waals surface area contributed by atoms with Gasteiger partial charge in [0.15, 0.2) is 0 Å². The van der Waals surface area contributed by atoms with Crippen LogP contribution in [-0.2, 0) is 0 Å². The van der Waals surface area contributed by atoms with Crippen LogP contribution in [0, 0.1) is 0 Å². The molecule has 2 aliphatic heterocycles. The molecular formula is C48H27BN2S2. The molecule has 8 aromatic carbocycles. The van der Waals surface area contributed by atoms with Gasteiger partial charge in [-0.15, -0.1) is 22.7 Å². The molecule has 11 aromatic rings. The normalized spacial score (nSPS) is 13.2. The molecule has 0 spiro atoms. The quantitative estimate of drug-likeness (QED) is 0.163. The first-order valence-electron chi connectivity index (χ1n) is 18.2. The van der Waals surface area contributed by atoms with Crippen molar-refractivity contribution in [1.82, 2.24) is 4.57 Å². The Bertz CT molecular complexity index is 3330. The summed E-state index contributed by atoms with van der Waals surface area (Å²) in [6.07, 6.45) is 0. The van der Waals surface area contributed by atoms with E-state index in [1.807, 2.05) is 22.7 Å². The summed E-state index contributed by atoms with van der Waals surface area (Å²) >= 11 is 3.79. The minimum atomic E-state index is 0.135. The number of benzene rings is 8. The first-order chi connectivity index (χ1) is 26.3. The van der Waals surface area contributed by atoms with Gasteiger partial charge >= 0.3 is 0 Å². The maximum atomic E-state index is 2.66. The predicted molar refractivity (Wildman–Crippen MR) is 231 cm³/mol. The molecule has 0 saturated carbocycles. The van der Waals surface area contributed by atoms with Crippen LogP contribution in [0.5, 0.6) is 0 Å². The standard InChI is InChI=1S/C48H27BN2S2/c1-6-17-35-29(12-1)34-26-28(50-37-18-7-2-13-30(37)31-14-3-8-19-38(31)50)27-40-47(34)49(35)36-24-25-44-46(33-16-5-10-22-42(33)53-44)48(36)51(40)39-20-11-23-43-45(39)32-15-4-9-21-41(32)52-43/h1-27H. The van der Waals surface area contributed by atoms with Crippen LogP contribution in [0.15, 0.2) is 164 Å². The summed E-state index contributed by atoms with van der Waals surface area (Å²) in [5.74, 6) is 0. The van der Waals surface area contributed by atoms with Gasteiger partial charge in [0.2, 0.25) is 6.71 Å². The number of fused-ring (bicyclic) bond motifs is 15. The van der Waals surface area contributed by atoms with Crippen molar-refractivity contribution < 1.29 is 0 Å². The number of aromatic nitrogens is 1. The van der Waals surface area contributed by atoms with Crippen molar-refractivity contribution in [3.05, 3.63) is 164 Å². The van der Waals surface area contributed by atoms with Crippen LogP contribution in [0.3, 0.4) is 0 Å². The van der Waals surface area contributed by atoms with E-state index in [9.17, 15) is 0 Å². The zero-order chi connectivity index (χ0) is 34.4. The van der Waals surface area contributed by atoms with Crippen molar-refractivity contribution in [2.24, 2.45) is 0 Å². The van der Waals surface area contributed by atoms with Gasteiger partial charge in [0, 0.05) is 62.5 Å². The average Bonchev–Trinajstić information content (AvgIpc) is 3.96. The molecule has 53 heavy (non-hydrogen) atoms. The second-order valence-corrected chi connectivity index (χ2v) is 16.5. The molecule has 5 heteroatoms. The zero-order valence-corrected chi connectivity index (χ0v) is 30.0. The second-order valence-electron chi connectivity index (χ2n) is 14.4. The van der Waals surface area contributed by atoms with Gasteiger partial charge < -0.3 is 9.47 Å². The van der Waals surface area contributed by atoms with Crippen molar-refractivity contribution in [2.75, 3.05) is 4.90 Å². The van der Waals surface area contributed by atoms with Crippen molar-refractivity contribution >= 4 is 125 Å². The van der Waals surface area contributed by atoms with Gasteiger partial charge in [0.25, 0.3) is 0 Å². The van der Waals surface area contributed by atoms with Gasteiger partial charge in [-0.2, -0.15) is 0 Å². The molecular weight excluding hydrogens is 679 g/mol. The molecule has 0 fully saturated rings. The van der Waals surface area contributed by atoms with Crippen LogP contribution in [0.25, 0.3) is 79.0 Å². The lowest BCUT2D eigenvalue weighted by Crippen LogP contribution is -2.54. The SMILES string of the molecule is c1ccc2c(c1)B1c3ccc4sc5ccccc5c4c3N(c3cccc4sc5ccccc5c34)c3cc(-n4c5ccccc5c5ccccc54)cc-2c31. The number of hydrogen-bond acceptors (Lipinski definition) is 3. The first-order valence-corrected chi connectivity index (χ1v) is 19.9. The maximum Gasteiger partial charge on any atom is 0.248 e. The molecule has 3 aromatic heterocycles. The van der Waals surface area contributed by atoms with E-state index in [0.29, 0.717) is 0 Å². The Kier molecular flexibility index (Phi) is 5.51. The largest absolute Gasteiger partial charge is 0.310 e. The molecule has 0 atom stereocenters. The molecule has 0 saturated heterocycles. The summed E-state index contributed by atoms with van der Waals surface area (Å²) in [5.41, 5.74) is 14.3. The Morgan fingerprint density at radius 1 is 0.415 bits per heavy atom. The van der Waals surface area contributed by atoms with Gasteiger partial charge in [0.1, 0.15) is 0 Å². The maximum absolute atomic E-state index is 2.66. The molecule has 2 aliphatic rings. The van der Waals surface area contributed by atoms with E-state index in [1.54, 1.807) is 0 Å². The average molecular weight is 707 g/mol. The third kappa shape index (κ3) is 3.63. The lowest BCUT2D eigenvalue weighted by Gasteiger charge is -2.37. The third-order valence-corrected chi connectivity index (χ3v) is 14.0. The predicted octanol–water partition coefficient (Wildman–Crippen LogP) is 11.8. The van der Waals surface area contributed by atoms with Crippen LogP contribution >= 0.6 is 22.7 Å². The Hall–Kier alpha value is -6.14. The van der Waals surface area contributed by atoms with Crippen molar-refractivity contribution in [2.45, 2.75) is 0 Å². The second kappa shape index (κ2) is 10.3. The molecule has 0 amide bonds. The van der Waals surface area contributed by atoms with Crippen molar-refractivity contribution in [1.29, 1.82) is 0 Å². The van der Waals surface area contributed by atoms with E-state index in [1.165, 1.54) is 112 Å². The molecule has 2 nitrogen and oxygen atoms in total. The summed E-state index contributed by atoms with van der Waals surface area (Å²) in [6, 6.07) is 61.5. The Labute approximate surface area is 313 Å². The molecule has 0 aliphatic carbocycles. The molecule has 0 bridgehead atoms. The third-order valence-electron chi connectivity index (χ3n) is 11.8. The molecule has 0 unspecified atom stereocenters. The van der Waals surface area contributed by atoms with Gasteiger partial charge in [0.05, 0.1) is 22.4 Å². The molecule has 0 radical (unpaired) electrons. The van der Waals surface area contributed by atoms with E-state index in [2.05, 4.69) is 173 Å². The van der Waals surface area contributed by atoms with E-state index >= 15 is 0 Å². The highest BCUT2D eigenvalue weighted by Gasteiger charge is 2.44. The van der Waals surface area contributed by atoms with Crippen LogP contribution in [0.4, 0.5) is 17.1 Å². The number of para-hydroxylation sites is 2. The number of rotatable bonds is 2. The Morgan fingerprint density at radius 3 is 1.77 bits per heavy atom. The van der Waals surface area contributed by atoms with E-state index in [-0.39, 0.29) is 6.71 Å². The fourth-order valence-electron chi connectivity index (χ4n) is 9.74. The van der Waals surface area contributed by atoms with E-state index in [0.717, 1.165) is 0 Å². The molecule has 5 heterocycles. The lowest BCUT2D eigenvalue weighted by molar-refractivity contribution is 1.18. The van der Waals surface area contributed by atoms with Gasteiger partial charge in [-0.05, 0) is 76.6 Å².